The lowest BCUT2D eigenvalue weighted by Gasteiger charge is -2.31. The summed E-state index contributed by atoms with van der Waals surface area (Å²) in [4.78, 5) is 32.0. The fourth-order valence-electron chi connectivity index (χ4n) is 5.19. The number of hydroxylamine groups is 2. The molecule has 1 atom stereocenters. The van der Waals surface area contributed by atoms with Gasteiger partial charge in [-0.25, -0.2) is 5.06 Å². The van der Waals surface area contributed by atoms with Crippen LogP contribution in [-0.2, 0) is 23.1 Å². The molecule has 33 heavy (non-hydrogen) atoms. The number of amides is 1. The maximum atomic E-state index is 13.2. The van der Waals surface area contributed by atoms with Crippen molar-refractivity contribution >= 4 is 5.91 Å². The van der Waals surface area contributed by atoms with Gasteiger partial charge < -0.3 is 0 Å². The maximum Gasteiger partial charge on any atom is 0.249 e. The molecule has 0 bridgehead atoms. The van der Waals surface area contributed by atoms with Crippen molar-refractivity contribution in [2.24, 2.45) is 18.9 Å². The Morgan fingerprint density at radius 1 is 1.09 bits per heavy atom. The van der Waals surface area contributed by atoms with Crippen LogP contribution in [0.2, 0.25) is 0 Å². The third kappa shape index (κ3) is 4.66. The Labute approximate surface area is 194 Å². The molecule has 0 N–H and O–H groups in total. The molecule has 3 aromatic rings. The standard InChI is InChI=1S/C25H30N6O2/c1-17-22(16-30(2)29-17)21-12-19(13-27-14-21)11-18-3-5-20(6-4-18)25(32)31-24(7-10-33-31)23-15-26-8-9-28-23/h8-9,12-16,18,20,24H,3-7,10-11H2,1-2H3/t18?,20?,24-/m0/s1. The SMILES string of the molecule is Cc1nn(C)cc1-c1cncc(CC2CCC(C(=O)N3OCC[C@H]3c3cnccn3)CC2)c1. The van der Waals surface area contributed by atoms with Gasteiger partial charge in [-0.15, -0.1) is 0 Å². The van der Waals surface area contributed by atoms with Crippen molar-refractivity contribution in [1.29, 1.82) is 0 Å². The molecule has 0 spiro atoms. The third-order valence-electron chi connectivity index (χ3n) is 6.89. The summed E-state index contributed by atoms with van der Waals surface area (Å²) in [6.45, 7) is 2.57. The van der Waals surface area contributed by atoms with Crippen molar-refractivity contribution in [2.45, 2.75) is 51.5 Å². The van der Waals surface area contributed by atoms with E-state index in [0.717, 1.165) is 61.0 Å². The Morgan fingerprint density at radius 2 is 1.94 bits per heavy atom. The first kappa shape index (κ1) is 21.7. The Bertz CT molecular complexity index is 1110. The lowest BCUT2D eigenvalue weighted by atomic mass is 9.79. The molecule has 4 heterocycles. The molecule has 8 nitrogen and oxygen atoms in total. The van der Waals surface area contributed by atoms with Crippen LogP contribution < -0.4 is 0 Å². The Balaban J connectivity index is 1.19. The average Bonchev–Trinajstić information content (AvgIpc) is 3.46. The zero-order valence-electron chi connectivity index (χ0n) is 19.2. The van der Waals surface area contributed by atoms with Crippen LogP contribution in [-0.4, -0.2) is 42.3 Å². The van der Waals surface area contributed by atoms with Crippen molar-refractivity contribution in [1.82, 2.24) is 29.8 Å². The highest BCUT2D eigenvalue weighted by Gasteiger charge is 2.37. The van der Waals surface area contributed by atoms with Gasteiger partial charge in [0.05, 0.1) is 24.2 Å². The predicted octanol–water partition coefficient (Wildman–Crippen LogP) is 3.83. The quantitative estimate of drug-likeness (QED) is 0.592. The second-order valence-corrected chi connectivity index (χ2v) is 9.24. The summed E-state index contributed by atoms with van der Waals surface area (Å²) in [5.41, 5.74) is 5.30. The minimum atomic E-state index is -0.131. The Kier molecular flexibility index (Phi) is 6.17. The molecule has 3 aromatic heterocycles. The minimum Gasteiger partial charge on any atom is -0.275 e. The third-order valence-corrected chi connectivity index (χ3v) is 6.89. The molecule has 1 aliphatic heterocycles. The van der Waals surface area contributed by atoms with Crippen LogP contribution in [0.1, 0.15) is 55.1 Å². The van der Waals surface area contributed by atoms with Gasteiger partial charge in [-0.2, -0.15) is 5.10 Å². The van der Waals surface area contributed by atoms with Crippen LogP contribution in [0.3, 0.4) is 0 Å². The van der Waals surface area contributed by atoms with Gasteiger partial charge in [0.1, 0.15) is 6.04 Å². The molecule has 0 aromatic carbocycles. The smallest absolute Gasteiger partial charge is 0.249 e. The summed E-state index contributed by atoms with van der Waals surface area (Å²) < 4.78 is 1.84. The largest absolute Gasteiger partial charge is 0.275 e. The molecule has 8 heteroatoms. The van der Waals surface area contributed by atoms with Crippen LogP contribution in [0.4, 0.5) is 0 Å². The maximum absolute atomic E-state index is 13.2. The van der Waals surface area contributed by atoms with Crippen molar-refractivity contribution < 1.29 is 9.63 Å². The van der Waals surface area contributed by atoms with E-state index in [1.54, 1.807) is 23.7 Å². The minimum absolute atomic E-state index is 0.0148. The molecule has 0 radical (unpaired) electrons. The molecule has 2 aliphatic rings. The number of hydrogen-bond donors (Lipinski definition) is 0. The normalized spacial score (nSPS) is 23.1. The van der Waals surface area contributed by atoms with Gasteiger partial charge in [0.25, 0.3) is 0 Å². The second kappa shape index (κ2) is 9.39. The summed E-state index contributed by atoms with van der Waals surface area (Å²) in [6.07, 6.45) is 16.6. The first-order chi connectivity index (χ1) is 16.1. The predicted molar refractivity (Wildman–Crippen MR) is 123 cm³/mol. The zero-order chi connectivity index (χ0) is 22.8. The van der Waals surface area contributed by atoms with Gasteiger partial charge in [0.2, 0.25) is 5.91 Å². The van der Waals surface area contributed by atoms with E-state index in [0.29, 0.717) is 12.5 Å². The molecule has 1 aliphatic carbocycles. The van der Waals surface area contributed by atoms with Gasteiger partial charge in [-0.05, 0) is 56.6 Å². The van der Waals surface area contributed by atoms with Crippen molar-refractivity contribution in [3.63, 3.8) is 0 Å². The second-order valence-electron chi connectivity index (χ2n) is 9.24. The summed E-state index contributed by atoms with van der Waals surface area (Å²) >= 11 is 0. The number of rotatable bonds is 5. The van der Waals surface area contributed by atoms with E-state index in [1.807, 2.05) is 37.2 Å². The number of pyridine rings is 1. The summed E-state index contributed by atoms with van der Waals surface area (Å²) in [5, 5.41) is 6.02. The Morgan fingerprint density at radius 3 is 2.67 bits per heavy atom. The van der Waals surface area contributed by atoms with Crippen LogP contribution in [0.25, 0.3) is 11.1 Å². The van der Waals surface area contributed by atoms with E-state index >= 15 is 0 Å². The van der Waals surface area contributed by atoms with Crippen molar-refractivity contribution in [3.05, 3.63) is 60.2 Å². The Hall–Kier alpha value is -3.13. The van der Waals surface area contributed by atoms with E-state index in [2.05, 4.69) is 26.1 Å². The van der Waals surface area contributed by atoms with Gasteiger partial charge in [0.15, 0.2) is 0 Å². The van der Waals surface area contributed by atoms with E-state index in [4.69, 9.17) is 4.84 Å². The molecule has 1 amide bonds. The lowest BCUT2D eigenvalue weighted by Crippen LogP contribution is -2.37. The number of aryl methyl sites for hydroxylation is 2. The van der Waals surface area contributed by atoms with Crippen LogP contribution in [0.15, 0.2) is 43.2 Å². The molecule has 2 fully saturated rings. The molecular formula is C25H30N6O2. The highest BCUT2D eigenvalue weighted by atomic mass is 16.7. The number of aromatic nitrogens is 5. The molecule has 172 valence electrons. The first-order valence-electron chi connectivity index (χ1n) is 11.7. The van der Waals surface area contributed by atoms with Gasteiger partial charge in [0, 0.05) is 61.5 Å². The number of carbonyl (C=O) groups is 1. The first-order valence-corrected chi connectivity index (χ1v) is 11.7. The number of carbonyl (C=O) groups excluding carboxylic acids is 1. The monoisotopic (exact) mass is 446 g/mol. The average molecular weight is 447 g/mol. The highest BCUT2D eigenvalue weighted by molar-refractivity contribution is 5.78. The highest BCUT2D eigenvalue weighted by Crippen LogP contribution is 2.36. The molecule has 1 saturated heterocycles. The fraction of sp³-hybridized carbons (Fsp3) is 0.480. The van der Waals surface area contributed by atoms with Gasteiger partial charge in [-0.1, -0.05) is 0 Å². The molecule has 1 saturated carbocycles. The van der Waals surface area contributed by atoms with Gasteiger partial charge in [-0.3, -0.25) is 29.3 Å². The van der Waals surface area contributed by atoms with Crippen molar-refractivity contribution in [2.75, 3.05) is 6.61 Å². The van der Waals surface area contributed by atoms with E-state index in [9.17, 15) is 4.79 Å². The molecule has 5 rings (SSSR count). The van der Waals surface area contributed by atoms with Crippen LogP contribution in [0.5, 0.6) is 0 Å². The zero-order valence-corrected chi connectivity index (χ0v) is 19.2. The van der Waals surface area contributed by atoms with E-state index in [1.165, 1.54) is 5.56 Å². The van der Waals surface area contributed by atoms with E-state index in [-0.39, 0.29) is 17.9 Å². The molecular weight excluding hydrogens is 416 g/mol. The van der Waals surface area contributed by atoms with Crippen LogP contribution >= 0.6 is 0 Å². The summed E-state index contributed by atoms with van der Waals surface area (Å²) in [6, 6.07) is 2.10. The van der Waals surface area contributed by atoms with Crippen LogP contribution in [0, 0.1) is 18.8 Å². The topological polar surface area (TPSA) is 86.0 Å². The fourth-order valence-corrected chi connectivity index (χ4v) is 5.19. The number of nitrogens with zero attached hydrogens (tertiary/aromatic N) is 6. The summed E-state index contributed by atoms with van der Waals surface area (Å²) in [5.74, 6) is 0.676. The number of hydrogen-bond acceptors (Lipinski definition) is 6. The summed E-state index contributed by atoms with van der Waals surface area (Å²) in [7, 11) is 1.94. The van der Waals surface area contributed by atoms with E-state index < -0.39 is 0 Å². The lowest BCUT2D eigenvalue weighted by molar-refractivity contribution is -0.183. The van der Waals surface area contributed by atoms with Gasteiger partial charge >= 0.3 is 0 Å². The molecule has 0 unspecified atom stereocenters. The van der Waals surface area contributed by atoms with Crippen molar-refractivity contribution in [3.8, 4) is 11.1 Å².